The van der Waals surface area contributed by atoms with Crippen LogP contribution >= 0.6 is 11.6 Å². The number of hydrogen-bond donors (Lipinski definition) is 1. The minimum absolute atomic E-state index is 0.0203. The molecule has 2 amide bonds. The smallest absolute Gasteiger partial charge is 0.258 e. The fourth-order valence-electron chi connectivity index (χ4n) is 3.77. The van der Waals surface area contributed by atoms with E-state index in [-0.39, 0.29) is 17.7 Å². The van der Waals surface area contributed by atoms with E-state index in [1.807, 2.05) is 41.8 Å². The summed E-state index contributed by atoms with van der Waals surface area (Å²) < 4.78 is 1.89. The Kier molecular flexibility index (Phi) is 5.34. The fourth-order valence-corrected chi connectivity index (χ4v) is 3.90. The second-order valence-electron chi connectivity index (χ2n) is 8.28. The maximum absolute atomic E-state index is 13.2. The van der Waals surface area contributed by atoms with Gasteiger partial charge in [-0.2, -0.15) is 0 Å². The average molecular weight is 460 g/mol. The molecule has 0 aliphatic heterocycles. The maximum atomic E-state index is 13.2. The van der Waals surface area contributed by atoms with Gasteiger partial charge in [0.1, 0.15) is 12.1 Å². The van der Waals surface area contributed by atoms with Crippen LogP contribution in [0, 0.1) is 12.8 Å². The number of halogens is 1. The quantitative estimate of drug-likeness (QED) is 0.455. The minimum atomic E-state index is -0.133. The van der Waals surface area contributed by atoms with Gasteiger partial charge >= 0.3 is 0 Å². The zero-order valence-electron chi connectivity index (χ0n) is 18.2. The molecule has 1 aliphatic rings. The van der Waals surface area contributed by atoms with Crippen LogP contribution in [0.25, 0.3) is 16.7 Å². The molecule has 5 rings (SSSR count). The Morgan fingerprint density at radius 2 is 1.85 bits per heavy atom. The van der Waals surface area contributed by atoms with Gasteiger partial charge in [-0.15, -0.1) is 0 Å². The van der Waals surface area contributed by atoms with Gasteiger partial charge in [0.2, 0.25) is 5.91 Å². The Morgan fingerprint density at radius 1 is 1.09 bits per heavy atom. The topological polar surface area (TPSA) is 80.1 Å². The van der Waals surface area contributed by atoms with E-state index in [2.05, 4.69) is 15.3 Å². The third kappa shape index (κ3) is 4.19. The van der Waals surface area contributed by atoms with Crippen molar-refractivity contribution in [3.63, 3.8) is 0 Å². The van der Waals surface area contributed by atoms with Crippen molar-refractivity contribution in [2.24, 2.45) is 5.92 Å². The van der Waals surface area contributed by atoms with Crippen molar-refractivity contribution in [3.8, 4) is 5.69 Å². The highest BCUT2D eigenvalue weighted by Gasteiger charge is 2.29. The minimum Gasteiger partial charge on any atom is -0.311 e. The van der Waals surface area contributed by atoms with Gasteiger partial charge in [0.05, 0.1) is 22.9 Å². The number of nitrogens with zero attached hydrogens (tertiary/aromatic N) is 4. The Morgan fingerprint density at radius 3 is 2.52 bits per heavy atom. The summed E-state index contributed by atoms with van der Waals surface area (Å²) in [6.45, 7) is 1.94. The van der Waals surface area contributed by atoms with Crippen molar-refractivity contribution >= 4 is 46.0 Å². The molecular formula is C25H22ClN5O2. The molecule has 0 saturated heterocycles. The monoisotopic (exact) mass is 459 g/mol. The number of rotatable bonds is 5. The van der Waals surface area contributed by atoms with Crippen LogP contribution in [0.2, 0.25) is 5.02 Å². The lowest BCUT2D eigenvalue weighted by atomic mass is 10.1. The second-order valence-corrected chi connectivity index (χ2v) is 8.72. The van der Waals surface area contributed by atoms with Gasteiger partial charge in [-0.1, -0.05) is 11.6 Å². The molecule has 166 valence electrons. The van der Waals surface area contributed by atoms with Gasteiger partial charge in [0.15, 0.2) is 0 Å². The van der Waals surface area contributed by atoms with Gasteiger partial charge in [-0.25, -0.2) is 9.97 Å². The molecule has 1 saturated carbocycles. The summed E-state index contributed by atoms with van der Waals surface area (Å²) >= 11 is 5.97. The summed E-state index contributed by atoms with van der Waals surface area (Å²) in [5.74, 6) is 0.531. The largest absolute Gasteiger partial charge is 0.311 e. The molecule has 1 fully saturated rings. The van der Waals surface area contributed by atoms with E-state index in [1.165, 1.54) is 0 Å². The van der Waals surface area contributed by atoms with Crippen molar-refractivity contribution in [2.75, 3.05) is 17.3 Å². The van der Waals surface area contributed by atoms with Crippen LogP contribution in [0.5, 0.6) is 0 Å². The Bertz CT molecular complexity index is 1360. The third-order valence-electron chi connectivity index (χ3n) is 5.83. The van der Waals surface area contributed by atoms with E-state index in [0.29, 0.717) is 16.4 Å². The summed E-state index contributed by atoms with van der Waals surface area (Å²) in [6.07, 6.45) is 5.29. The third-order valence-corrected chi connectivity index (χ3v) is 6.09. The van der Waals surface area contributed by atoms with E-state index in [0.717, 1.165) is 40.8 Å². The summed E-state index contributed by atoms with van der Waals surface area (Å²) in [7, 11) is 1.74. The molecule has 2 aromatic heterocycles. The van der Waals surface area contributed by atoms with Gasteiger partial charge in [0.25, 0.3) is 5.91 Å². The van der Waals surface area contributed by atoms with Crippen molar-refractivity contribution < 1.29 is 9.59 Å². The van der Waals surface area contributed by atoms with Gasteiger partial charge in [0, 0.05) is 29.2 Å². The van der Waals surface area contributed by atoms with Crippen LogP contribution in [0.1, 0.15) is 28.8 Å². The van der Waals surface area contributed by atoms with Crippen molar-refractivity contribution in [1.29, 1.82) is 0 Å². The predicted molar refractivity (Wildman–Crippen MR) is 129 cm³/mol. The lowest BCUT2D eigenvalue weighted by Gasteiger charge is -2.18. The summed E-state index contributed by atoms with van der Waals surface area (Å²) in [4.78, 5) is 35.7. The molecule has 2 heterocycles. The number of carbonyl (C=O) groups is 2. The molecule has 33 heavy (non-hydrogen) atoms. The SMILES string of the molecule is Cc1cc(C(=O)N(C)c2ccc(Cl)cc2)cc2c1ncn2-c1ccc(NC(=O)C2CC2)nc1. The van der Waals surface area contributed by atoms with E-state index in [4.69, 9.17) is 11.6 Å². The van der Waals surface area contributed by atoms with E-state index in [1.54, 1.807) is 42.7 Å². The Labute approximate surface area is 196 Å². The highest BCUT2D eigenvalue weighted by atomic mass is 35.5. The zero-order valence-corrected chi connectivity index (χ0v) is 19.0. The first-order valence-electron chi connectivity index (χ1n) is 10.7. The molecule has 1 N–H and O–H groups in total. The van der Waals surface area contributed by atoms with E-state index in [9.17, 15) is 9.59 Å². The first-order valence-corrected chi connectivity index (χ1v) is 11.1. The highest BCUT2D eigenvalue weighted by molar-refractivity contribution is 6.30. The van der Waals surface area contributed by atoms with Crippen LogP contribution in [-0.2, 0) is 4.79 Å². The van der Waals surface area contributed by atoms with Gasteiger partial charge in [-0.3, -0.25) is 14.2 Å². The van der Waals surface area contributed by atoms with Crippen molar-refractivity contribution in [1.82, 2.24) is 14.5 Å². The molecule has 0 atom stereocenters. The van der Waals surface area contributed by atoms with Gasteiger partial charge in [-0.05, 0) is 73.9 Å². The number of benzene rings is 2. The van der Waals surface area contributed by atoms with Crippen molar-refractivity contribution in [2.45, 2.75) is 19.8 Å². The molecule has 0 unspecified atom stereocenters. The van der Waals surface area contributed by atoms with Crippen LogP contribution < -0.4 is 10.2 Å². The number of fused-ring (bicyclic) bond motifs is 1. The van der Waals surface area contributed by atoms with Crippen LogP contribution in [-0.4, -0.2) is 33.4 Å². The normalized spacial score (nSPS) is 13.2. The summed E-state index contributed by atoms with van der Waals surface area (Å²) in [6, 6.07) is 14.5. The van der Waals surface area contributed by atoms with E-state index >= 15 is 0 Å². The summed E-state index contributed by atoms with van der Waals surface area (Å²) in [5.41, 5.74) is 4.62. The molecule has 7 nitrogen and oxygen atoms in total. The molecule has 4 aromatic rings. The molecule has 1 aliphatic carbocycles. The molecular weight excluding hydrogens is 438 g/mol. The number of aromatic nitrogens is 3. The average Bonchev–Trinajstić information content (AvgIpc) is 3.59. The molecule has 8 heteroatoms. The number of amides is 2. The lowest BCUT2D eigenvalue weighted by molar-refractivity contribution is -0.117. The number of pyridine rings is 1. The predicted octanol–water partition coefficient (Wildman–Crippen LogP) is 5.01. The number of imidazole rings is 1. The number of nitrogens with one attached hydrogen (secondary N) is 1. The first kappa shape index (κ1) is 21.2. The number of anilines is 2. The number of hydrogen-bond acceptors (Lipinski definition) is 4. The first-order chi connectivity index (χ1) is 15.9. The summed E-state index contributed by atoms with van der Waals surface area (Å²) in [5, 5.41) is 3.46. The van der Waals surface area contributed by atoms with Crippen LogP contribution in [0.3, 0.4) is 0 Å². The molecule has 0 bridgehead atoms. The van der Waals surface area contributed by atoms with Crippen LogP contribution in [0.4, 0.5) is 11.5 Å². The maximum Gasteiger partial charge on any atom is 0.258 e. The van der Waals surface area contributed by atoms with Gasteiger partial charge < -0.3 is 10.2 Å². The lowest BCUT2D eigenvalue weighted by Crippen LogP contribution is -2.26. The van der Waals surface area contributed by atoms with Crippen LogP contribution in [0.15, 0.2) is 61.1 Å². The standard InChI is InChI=1S/C25H22ClN5O2/c1-15-11-17(25(33)30(2)19-7-5-18(26)6-8-19)12-21-23(15)28-14-31(21)20-9-10-22(27-13-20)29-24(32)16-3-4-16/h5-14,16H,3-4H2,1-2H3,(H,27,29,32). The molecule has 0 spiro atoms. The van der Waals surface area contributed by atoms with E-state index < -0.39 is 0 Å². The highest BCUT2D eigenvalue weighted by Crippen LogP contribution is 2.30. The fraction of sp³-hybridized carbons (Fsp3) is 0.200. The number of carbonyl (C=O) groups excluding carboxylic acids is 2. The molecule has 0 radical (unpaired) electrons. The molecule has 2 aromatic carbocycles. The second kappa shape index (κ2) is 8.33. The zero-order chi connectivity index (χ0) is 23.1. The Hall–Kier alpha value is -3.71. The number of aryl methyl sites for hydroxylation is 1. The Balaban J connectivity index is 1.45. The van der Waals surface area contributed by atoms with Crippen molar-refractivity contribution in [3.05, 3.63) is 77.2 Å².